The van der Waals surface area contributed by atoms with Crippen molar-refractivity contribution < 1.29 is 9.53 Å². The zero-order valence-electron chi connectivity index (χ0n) is 13.3. The first-order valence-electron chi connectivity index (χ1n) is 7.67. The van der Waals surface area contributed by atoms with E-state index in [2.05, 4.69) is 10.3 Å². The largest absolute Gasteiger partial charge is 0.493 e. The molecule has 0 saturated carbocycles. The summed E-state index contributed by atoms with van der Waals surface area (Å²) in [5.74, 6) is 0.717. The first-order valence-corrected chi connectivity index (χ1v) is 8.05. The van der Waals surface area contributed by atoms with Crippen LogP contribution in [0.5, 0.6) is 5.75 Å². The van der Waals surface area contributed by atoms with Crippen molar-refractivity contribution in [2.75, 3.05) is 13.7 Å². The summed E-state index contributed by atoms with van der Waals surface area (Å²) >= 11 is 5.84. The highest BCUT2D eigenvalue weighted by molar-refractivity contribution is 6.30. The molecule has 3 aromatic rings. The average molecular weight is 344 g/mol. The second kappa shape index (κ2) is 7.36. The van der Waals surface area contributed by atoms with E-state index in [1.54, 1.807) is 19.2 Å². The molecule has 0 aliphatic carbocycles. The quantitative estimate of drug-likeness (QED) is 0.748. The third-order valence-corrected chi connectivity index (χ3v) is 3.95. The highest BCUT2D eigenvalue weighted by Gasteiger charge is 2.07. The van der Waals surface area contributed by atoms with Crippen LogP contribution in [0.2, 0.25) is 5.02 Å². The smallest absolute Gasteiger partial charge is 0.224 e. The molecule has 0 spiro atoms. The predicted molar refractivity (Wildman–Crippen MR) is 93.6 cm³/mol. The molecule has 3 rings (SSSR count). The molecule has 2 heterocycles. The van der Waals surface area contributed by atoms with Crippen molar-refractivity contribution in [3.63, 3.8) is 0 Å². The Labute approximate surface area is 145 Å². The minimum Gasteiger partial charge on any atom is -0.493 e. The highest BCUT2D eigenvalue weighted by atomic mass is 35.5. The van der Waals surface area contributed by atoms with E-state index in [4.69, 9.17) is 16.3 Å². The number of aromatic nitrogens is 2. The van der Waals surface area contributed by atoms with Crippen LogP contribution in [0.4, 0.5) is 0 Å². The molecule has 5 nitrogen and oxygen atoms in total. The Bertz CT molecular complexity index is 843. The Hall–Kier alpha value is -2.53. The molecule has 1 amide bonds. The van der Waals surface area contributed by atoms with E-state index < -0.39 is 0 Å². The van der Waals surface area contributed by atoms with Crippen molar-refractivity contribution in [1.29, 1.82) is 0 Å². The van der Waals surface area contributed by atoms with Crippen molar-refractivity contribution in [3.8, 4) is 5.75 Å². The Balaban J connectivity index is 1.54. The maximum Gasteiger partial charge on any atom is 0.224 e. The zero-order valence-corrected chi connectivity index (χ0v) is 14.1. The Morgan fingerprint density at radius 3 is 2.83 bits per heavy atom. The fraction of sp³-hybridized carbons (Fsp3) is 0.222. The van der Waals surface area contributed by atoms with Crippen molar-refractivity contribution in [3.05, 3.63) is 65.1 Å². The SMILES string of the molecule is COc1cccn2cc(CCNC(=O)Cc3ccc(Cl)cc3)nc12. The summed E-state index contributed by atoms with van der Waals surface area (Å²) in [7, 11) is 1.63. The van der Waals surface area contributed by atoms with Gasteiger partial charge in [-0.05, 0) is 29.8 Å². The summed E-state index contributed by atoms with van der Waals surface area (Å²) in [6.07, 6.45) is 4.88. The number of benzene rings is 1. The lowest BCUT2D eigenvalue weighted by atomic mass is 10.1. The fourth-order valence-electron chi connectivity index (χ4n) is 2.50. The van der Waals surface area contributed by atoms with Gasteiger partial charge in [-0.3, -0.25) is 4.79 Å². The van der Waals surface area contributed by atoms with E-state index in [1.165, 1.54) is 0 Å². The van der Waals surface area contributed by atoms with Crippen LogP contribution >= 0.6 is 11.6 Å². The van der Waals surface area contributed by atoms with Gasteiger partial charge in [-0.15, -0.1) is 0 Å². The first kappa shape index (κ1) is 16.3. The van der Waals surface area contributed by atoms with E-state index in [0.717, 1.165) is 22.7 Å². The zero-order chi connectivity index (χ0) is 16.9. The molecule has 1 N–H and O–H groups in total. The minimum absolute atomic E-state index is 0.0151. The number of rotatable bonds is 6. The van der Waals surface area contributed by atoms with Crippen molar-refractivity contribution in [2.24, 2.45) is 0 Å². The van der Waals surface area contributed by atoms with Gasteiger partial charge in [0.15, 0.2) is 11.4 Å². The number of fused-ring (bicyclic) bond motifs is 1. The fourth-order valence-corrected chi connectivity index (χ4v) is 2.62. The van der Waals surface area contributed by atoms with Crippen LogP contribution in [0, 0.1) is 0 Å². The number of carbonyl (C=O) groups is 1. The number of nitrogens with zero attached hydrogens (tertiary/aromatic N) is 2. The summed E-state index contributed by atoms with van der Waals surface area (Å²) in [6, 6.07) is 11.1. The Morgan fingerprint density at radius 1 is 1.29 bits per heavy atom. The standard InChI is InChI=1S/C18H18ClN3O2/c1-24-16-3-2-10-22-12-15(21-18(16)22)8-9-20-17(23)11-13-4-6-14(19)7-5-13/h2-7,10,12H,8-9,11H2,1H3,(H,20,23). The van der Waals surface area contributed by atoms with E-state index in [1.807, 2.05) is 41.1 Å². The van der Waals surface area contributed by atoms with Crippen molar-refractivity contribution >= 4 is 23.2 Å². The molecule has 0 saturated heterocycles. The molecular weight excluding hydrogens is 326 g/mol. The van der Waals surface area contributed by atoms with E-state index in [0.29, 0.717) is 24.4 Å². The van der Waals surface area contributed by atoms with Gasteiger partial charge in [0.05, 0.1) is 19.2 Å². The molecular formula is C18H18ClN3O2. The molecule has 0 radical (unpaired) electrons. The van der Waals surface area contributed by atoms with Gasteiger partial charge in [0.1, 0.15) is 0 Å². The number of carbonyl (C=O) groups excluding carboxylic acids is 1. The minimum atomic E-state index is -0.0151. The maximum atomic E-state index is 12.0. The van der Waals surface area contributed by atoms with E-state index in [-0.39, 0.29) is 5.91 Å². The molecule has 124 valence electrons. The average Bonchev–Trinajstić information content (AvgIpc) is 2.99. The summed E-state index contributed by atoms with van der Waals surface area (Å²) in [4.78, 5) is 16.5. The van der Waals surface area contributed by atoms with Crippen LogP contribution in [0.3, 0.4) is 0 Å². The second-order valence-electron chi connectivity index (χ2n) is 5.44. The van der Waals surface area contributed by atoms with Crippen LogP contribution in [0.15, 0.2) is 48.8 Å². The van der Waals surface area contributed by atoms with E-state index in [9.17, 15) is 4.79 Å². The highest BCUT2D eigenvalue weighted by Crippen LogP contribution is 2.18. The van der Waals surface area contributed by atoms with Gasteiger partial charge in [0.2, 0.25) is 5.91 Å². The van der Waals surface area contributed by atoms with Gasteiger partial charge >= 0.3 is 0 Å². The normalized spacial score (nSPS) is 10.8. The summed E-state index contributed by atoms with van der Waals surface area (Å²) in [6.45, 7) is 0.540. The lowest BCUT2D eigenvalue weighted by Gasteiger charge is -2.04. The maximum absolute atomic E-state index is 12.0. The number of hydrogen-bond donors (Lipinski definition) is 1. The van der Waals surface area contributed by atoms with E-state index >= 15 is 0 Å². The van der Waals surface area contributed by atoms with Gasteiger partial charge in [0, 0.05) is 30.4 Å². The number of pyridine rings is 1. The third kappa shape index (κ3) is 3.86. The number of amides is 1. The monoisotopic (exact) mass is 343 g/mol. The molecule has 0 atom stereocenters. The van der Waals surface area contributed by atoms with Gasteiger partial charge in [0.25, 0.3) is 0 Å². The van der Waals surface area contributed by atoms with Crippen LogP contribution in [-0.2, 0) is 17.6 Å². The molecule has 24 heavy (non-hydrogen) atoms. The van der Waals surface area contributed by atoms with Crippen LogP contribution in [0.25, 0.3) is 5.65 Å². The molecule has 0 aliphatic heterocycles. The topological polar surface area (TPSA) is 55.6 Å². The molecule has 0 bridgehead atoms. The molecule has 0 aliphatic rings. The number of imidazole rings is 1. The second-order valence-corrected chi connectivity index (χ2v) is 5.88. The van der Waals surface area contributed by atoms with Gasteiger partial charge in [-0.2, -0.15) is 0 Å². The van der Waals surface area contributed by atoms with Crippen molar-refractivity contribution in [2.45, 2.75) is 12.8 Å². The Kier molecular flexibility index (Phi) is 5.01. The van der Waals surface area contributed by atoms with Crippen LogP contribution < -0.4 is 10.1 Å². The lowest BCUT2D eigenvalue weighted by molar-refractivity contribution is -0.120. The lowest BCUT2D eigenvalue weighted by Crippen LogP contribution is -2.27. The number of ether oxygens (including phenoxy) is 1. The first-order chi connectivity index (χ1) is 11.7. The summed E-state index contributed by atoms with van der Waals surface area (Å²) < 4.78 is 7.22. The number of nitrogens with one attached hydrogen (secondary N) is 1. The van der Waals surface area contributed by atoms with Gasteiger partial charge < -0.3 is 14.5 Å². The molecule has 0 fully saturated rings. The van der Waals surface area contributed by atoms with Gasteiger partial charge in [-0.1, -0.05) is 23.7 Å². The van der Waals surface area contributed by atoms with Crippen molar-refractivity contribution in [1.82, 2.24) is 14.7 Å². The molecule has 6 heteroatoms. The van der Waals surface area contributed by atoms with Crippen LogP contribution in [-0.4, -0.2) is 28.9 Å². The molecule has 2 aromatic heterocycles. The number of hydrogen-bond acceptors (Lipinski definition) is 3. The predicted octanol–water partition coefficient (Wildman–Crippen LogP) is 2.90. The number of methoxy groups -OCH3 is 1. The summed E-state index contributed by atoms with van der Waals surface area (Å²) in [5.41, 5.74) is 2.63. The van der Waals surface area contributed by atoms with Gasteiger partial charge in [-0.25, -0.2) is 4.98 Å². The summed E-state index contributed by atoms with van der Waals surface area (Å²) in [5, 5.41) is 3.58. The molecule has 0 unspecified atom stereocenters. The molecule has 1 aromatic carbocycles. The number of halogens is 1. The van der Waals surface area contributed by atoms with Crippen LogP contribution in [0.1, 0.15) is 11.3 Å². The Morgan fingerprint density at radius 2 is 2.08 bits per heavy atom. The third-order valence-electron chi connectivity index (χ3n) is 3.70.